The first kappa shape index (κ1) is 17.1. The zero-order chi connectivity index (χ0) is 18.3. The van der Waals surface area contributed by atoms with Gasteiger partial charge < -0.3 is 4.74 Å². The molecule has 3 heterocycles. The van der Waals surface area contributed by atoms with Crippen molar-refractivity contribution in [2.24, 2.45) is 0 Å². The third-order valence-electron chi connectivity index (χ3n) is 5.24. The maximum absolute atomic E-state index is 12.7. The number of rotatable bonds is 1. The van der Waals surface area contributed by atoms with Crippen molar-refractivity contribution in [2.75, 3.05) is 0 Å². The fourth-order valence-electron chi connectivity index (χ4n) is 4.20. The number of carbonyl (C=O) groups is 1. The zero-order valence-corrected chi connectivity index (χ0v) is 15.7. The molecule has 1 saturated heterocycles. The van der Waals surface area contributed by atoms with Gasteiger partial charge in [0.25, 0.3) is 0 Å². The maximum Gasteiger partial charge on any atom is 0.411 e. The van der Waals surface area contributed by atoms with Crippen molar-refractivity contribution in [3.63, 3.8) is 0 Å². The van der Waals surface area contributed by atoms with Gasteiger partial charge in [0.2, 0.25) is 0 Å². The monoisotopic (exact) mass is 350 g/mol. The molecular formula is C22H26N2O2. The van der Waals surface area contributed by atoms with Crippen molar-refractivity contribution < 1.29 is 9.53 Å². The summed E-state index contributed by atoms with van der Waals surface area (Å²) < 4.78 is 5.67. The van der Waals surface area contributed by atoms with E-state index in [0.717, 1.165) is 31.2 Å². The van der Waals surface area contributed by atoms with Crippen LogP contribution in [0.3, 0.4) is 0 Å². The summed E-state index contributed by atoms with van der Waals surface area (Å²) in [5.41, 5.74) is 3.14. The quantitative estimate of drug-likeness (QED) is 0.711. The standard InChI is InChI=1S/C22H26N2O2/c1-22(2,3)26-21(25)24-16-7-6-8-17(24)14-15(13-16)18-11-12-23-20-10-5-4-9-19(18)20/h4-5,9-13,16-17H,6-8,14H2,1-3H3. The van der Waals surface area contributed by atoms with E-state index in [1.165, 1.54) is 16.5 Å². The Hall–Kier alpha value is -2.36. The van der Waals surface area contributed by atoms with Crippen LogP contribution in [0.4, 0.5) is 4.79 Å². The first-order chi connectivity index (χ1) is 12.4. The fourth-order valence-corrected chi connectivity index (χ4v) is 4.20. The van der Waals surface area contributed by atoms with Gasteiger partial charge in [0.05, 0.1) is 11.6 Å². The van der Waals surface area contributed by atoms with Crippen LogP contribution < -0.4 is 0 Å². The molecule has 1 amide bonds. The van der Waals surface area contributed by atoms with Crippen LogP contribution in [0.1, 0.15) is 52.0 Å². The number of pyridine rings is 1. The number of hydrogen-bond acceptors (Lipinski definition) is 3. The Balaban J connectivity index is 1.69. The Morgan fingerprint density at radius 1 is 1.19 bits per heavy atom. The van der Waals surface area contributed by atoms with E-state index in [9.17, 15) is 4.79 Å². The molecule has 2 atom stereocenters. The van der Waals surface area contributed by atoms with E-state index in [2.05, 4.69) is 35.3 Å². The third-order valence-corrected chi connectivity index (χ3v) is 5.24. The number of piperidine rings is 1. The molecule has 2 bridgehead atoms. The van der Waals surface area contributed by atoms with Crippen LogP contribution in [0.25, 0.3) is 16.5 Å². The lowest BCUT2D eigenvalue weighted by Crippen LogP contribution is -2.53. The average Bonchev–Trinajstić information content (AvgIpc) is 2.58. The molecule has 1 aromatic carbocycles. The largest absolute Gasteiger partial charge is 0.444 e. The molecular weight excluding hydrogens is 324 g/mol. The predicted octanol–water partition coefficient (Wildman–Crippen LogP) is 5.18. The van der Waals surface area contributed by atoms with Gasteiger partial charge in [-0.3, -0.25) is 9.88 Å². The molecule has 2 aromatic rings. The van der Waals surface area contributed by atoms with Crippen LogP contribution in [0.15, 0.2) is 42.6 Å². The lowest BCUT2D eigenvalue weighted by molar-refractivity contribution is 0.0000923. The smallest absolute Gasteiger partial charge is 0.411 e. The van der Waals surface area contributed by atoms with Gasteiger partial charge in [-0.15, -0.1) is 0 Å². The van der Waals surface area contributed by atoms with Crippen LogP contribution in [0.5, 0.6) is 0 Å². The number of ether oxygens (including phenoxy) is 1. The SMILES string of the molecule is CC(C)(C)OC(=O)N1C2C=C(c3ccnc4ccccc34)CC1CCC2. The summed E-state index contributed by atoms with van der Waals surface area (Å²) >= 11 is 0. The summed E-state index contributed by atoms with van der Waals surface area (Å²) in [5, 5.41) is 1.19. The Morgan fingerprint density at radius 3 is 2.77 bits per heavy atom. The zero-order valence-electron chi connectivity index (χ0n) is 15.7. The van der Waals surface area contributed by atoms with Gasteiger partial charge in [-0.25, -0.2) is 4.79 Å². The number of amides is 1. The Bertz CT molecular complexity index is 861. The lowest BCUT2D eigenvalue weighted by atomic mass is 9.82. The van der Waals surface area contributed by atoms with Gasteiger partial charge in [-0.05, 0) is 69.7 Å². The number of fused-ring (bicyclic) bond motifs is 3. The van der Waals surface area contributed by atoms with Gasteiger partial charge in [0, 0.05) is 17.6 Å². The summed E-state index contributed by atoms with van der Waals surface area (Å²) in [5.74, 6) is 0. The Kier molecular flexibility index (Phi) is 4.22. The number of carbonyl (C=O) groups excluding carboxylic acids is 1. The molecule has 4 heteroatoms. The van der Waals surface area contributed by atoms with Crippen LogP contribution in [-0.2, 0) is 4.74 Å². The van der Waals surface area contributed by atoms with E-state index in [1.807, 2.05) is 37.9 Å². The minimum atomic E-state index is -0.462. The first-order valence-corrected chi connectivity index (χ1v) is 9.48. The number of hydrogen-bond donors (Lipinski definition) is 0. The molecule has 4 rings (SSSR count). The lowest BCUT2D eigenvalue weighted by Gasteiger charge is -2.45. The summed E-state index contributed by atoms with van der Waals surface area (Å²) in [4.78, 5) is 19.2. The molecule has 0 spiro atoms. The van der Waals surface area contributed by atoms with Gasteiger partial charge in [-0.2, -0.15) is 0 Å². The van der Waals surface area contributed by atoms with E-state index in [0.29, 0.717) is 0 Å². The second-order valence-corrected chi connectivity index (χ2v) is 8.31. The van der Waals surface area contributed by atoms with Crippen molar-refractivity contribution in [1.82, 2.24) is 9.88 Å². The summed E-state index contributed by atoms with van der Waals surface area (Å²) in [6.45, 7) is 5.78. The second kappa shape index (κ2) is 6.42. The van der Waals surface area contributed by atoms with Crippen LogP contribution in [0, 0.1) is 0 Å². The highest BCUT2D eigenvalue weighted by molar-refractivity contribution is 5.92. The highest BCUT2D eigenvalue weighted by Gasteiger charge is 2.39. The topological polar surface area (TPSA) is 42.4 Å². The van der Waals surface area contributed by atoms with Crippen molar-refractivity contribution in [3.8, 4) is 0 Å². The minimum absolute atomic E-state index is 0.124. The summed E-state index contributed by atoms with van der Waals surface area (Å²) in [6, 6.07) is 10.7. The first-order valence-electron chi connectivity index (χ1n) is 9.48. The molecule has 1 fully saturated rings. The van der Waals surface area contributed by atoms with E-state index < -0.39 is 5.60 Å². The molecule has 136 valence electrons. The third kappa shape index (κ3) is 3.20. The van der Waals surface area contributed by atoms with Crippen molar-refractivity contribution in [2.45, 2.75) is 64.1 Å². The van der Waals surface area contributed by atoms with Crippen LogP contribution >= 0.6 is 0 Å². The molecule has 26 heavy (non-hydrogen) atoms. The molecule has 2 aliphatic heterocycles. The second-order valence-electron chi connectivity index (χ2n) is 8.31. The Morgan fingerprint density at radius 2 is 2.00 bits per heavy atom. The normalized spacial score (nSPS) is 22.9. The number of benzene rings is 1. The van der Waals surface area contributed by atoms with Crippen LogP contribution in [-0.4, -0.2) is 33.7 Å². The van der Waals surface area contributed by atoms with Gasteiger partial charge in [-0.1, -0.05) is 24.3 Å². The van der Waals surface area contributed by atoms with Crippen LogP contribution in [0.2, 0.25) is 0 Å². The van der Waals surface area contributed by atoms with E-state index in [-0.39, 0.29) is 18.2 Å². The molecule has 0 aliphatic carbocycles. The molecule has 4 nitrogen and oxygen atoms in total. The van der Waals surface area contributed by atoms with E-state index >= 15 is 0 Å². The number of nitrogens with zero attached hydrogens (tertiary/aromatic N) is 2. The Labute approximate surface area is 154 Å². The fraction of sp³-hybridized carbons (Fsp3) is 0.455. The van der Waals surface area contributed by atoms with Crippen molar-refractivity contribution in [1.29, 1.82) is 0 Å². The van der Waals surface area contributed by atoms with E-state index in [1.54, 1.807) is 0 Å². The molecule has 2 unspecified atom stereocenters. The maximum atomic E-state index is 12.7. The molecule has 0 radical (unpaired) electrons. The average molecular weight is 350 g/mol. The summed E-state index contributed by atoms with van der Waals surface area (Å²) in [7, 11) is 0. The van der Waals surface area contributed by atoms with Gasteiger partial charge >= 0.3 is 6.09 Å². The highest BCUT2D eigenvalue weighted by atomic mass is 16.6. The van der Waals surface area contributed by atoms with Crippen molar-refractivity contribution in [3.05, 3.63) is 48.2 Å². The van der Waals surface area contributed by atoms with Gasteiger partial charge in [0.15, 0.2) is 0 Å². The van der Waals surface area contributed by atoms with E-state index in [4.69, 9.17) is 4.74 Å². The minimum Gasteiger partial charge on any atom is -0.444 e. The van der Waals surface area contributed by atoms with Crippen molar-refractivity contribution >= 4 is 22.6 Å². The number of aromatic nitrogens is 1. The highest BCUT2D eigenvalue weighted by Crippen LogP contribution is 2.39. The molecule has 0 N–H and O–H groups in total. The predicted molar refractivity (Wildman–Crippen MR) is 104 cm³/mol. The molecule has 0 saturated carbocycles. The van der Waals surface area contributed by atoms with Gasteiger partial charge in [0.1, 0.15) is 5.60 Å². The molecule has 2 aliphatic rings. The number of para-hydroxylation sites is 1. The molecule has 1 aromatic heterocycles. The summed E-state index contributed by atoms with van der Waals surface area (Å²) in [6.07, 6.45) is 8.06.